The first-order valence-corrected chi connectivity index (χ1v) is 7.41. The van der Waals surface area contributed by atoms with Gasteiger partial charge in [-0.15, -0.1) is 0 Å². The van der Waals surface area contributed by atoms with E-state index in [1.165, 1.54) is 0 Å². The lowest BCUT2D eigenvalue weighted by Gasteiger charge is -2.41. The van der Waals surface area contributed by atoms with Crippen molar-refractivity contribution in [1.29, 1.82) is 0 Å². The number of nitrogens with zero attached hydrogens (tertiary/aromatic N) is 1. The minimum atomic E-state index is -0.845. The summed E-state index contributed by atoms with van der Waals surface area (Å²) >= 11 is 0. The second-order valence-electron chi connectivity index (χ2n) is 5.96. The Kier molecular flexibility index (Phi) is 4.86. The van der Waals surface area contributed by atoms with E-state index in [0.717, 1.165) is 32.1 Å². The molecule has 0 aromatic carbocycles. The van der Waals surface area contributed by atoms with Crippen molar-refractivity contribution in [3.63, 3.8) is 0 Å². The van der Waals surface area contributed by atoms with Crippen molar-refractivity contribution >= 4 is 12.0 Å². The number of carboxylic acid groups (broad SMARTS) is 1. The number of ether oxygens (including phenoxy) is 1. The van der Waals surface area contributed by atoms with Crippen molar-refractivity contribution in [2.24, 2.45) is 0 Å². The highest BCUT2D eigenvalue weighted by atomic mass is 16.5. The van der Waals surface area contributed by atoms with Crippen LogP contribution in [0.1, 0.15) is 45.4 Å². The fourth-order valence-corrected chi connectivity index (χ4v) is 3.19. The first-order valence-electron chi connectivity index (χ1n) is 7.41. The van der Waals surface area contributed by atoms with Gasteiger partial charge in [-0.1, -0.05) is 19.3 Å². The Morgan fingerprint density at radius 2 is 2.05 bits per heavy atom. The molecule has 2 fully saturated rings. The Bertz CT molecular complexity index is 366. The second-order valence-corrected chi connectivity index (χ2v) is 5.96. The molecule has 1 heterocycles. The molecule has 6 nitrogen and oxygen atoms in total. The predicted molar refractivity (Wildman–Crippen MR) is 73.6 cm³/mol. The fourth-order valence-electron chi connectivity index (χ4n) is 3.19. The Labute approximate surface area is 119 Å². The van der Waals surface area contributed by atoms with Crippen LogP contribution in [0.3, 0.4) is 0 Å². The highest BCUT2D eigenvalue weighted by Gasteiger charge is 2.37. The molecule has 1 aliphatic carbocycles. The average Bonchev–Trinajstić information content (AvgIpc) is 2.39. The third-order valence-corrected chi connectivity index (χ3v) is 4.30. The summed E-state index contributed by atoms with van der Waals surface area (Å²) < 4.78 is 5.33. The number of rotatable bonds is 3. The lowest BCUT2D eigenvalue weighted by Crippen LogP contribution is -2.58. The number of carboxylic acids is 1. The van der Waals surface area contributed by atoms with Crippen molar-refractivity contribution in [3.05, 3.63) is 0 Å². The molecule has 1 atom stereocenters. The standard InChI is InChI=1S/C14H24N2O4/c1-11-10-20-8-7-16(11)13(19)15-14(9-12(17)18)5-3-2-4-6-14/h11H,2-10H2,1H3,(H,15,19)(H,17,18). The molecule has 114 valence electrons. The highest BCUT2D eigenvalue weighted by Crippen LogP contribution is 2.31. The average molecular weight is 284 g/mol. The SMILES string of the molecule is CC1COCCN1C(=O)NC1(CC(=O)O)CCCCC1. The van der Waals surface area contributed by atoms with Crippen molar-refractivity contribution in [2.75, 3.05) is 19.8 Å². The van der Waals surface area contributed by atoms with E-state index >= 15 is 0 Å². The zero-order chi connectivity index (χ0) is 14.6. The quantitative estimate of drug-likeness (QED) is 0.825. The van der Waals surface area contributed by atoms with Crippen LogP contribution in [0.15, 0.2) is 0 Å². The van der Waals surface area contributed by atoms with Gasteiger partial charge in [-0.05, 0) is 19.8 Å². The molecule has 1 saturated heterocycles. The van der Waals surface area contributed by atoms with Gasteiger partial charge in [0.25, 0.3) is 0 Å². The maximum atomic E-state index is 12.4. The van der Waals surface area contributed by atoms with E-state index in [-0.39, 0.29) is 18.5 Å². The van der Waals surface area contributed by atoms with Gasteiger partial charge in [0.2, 0.25) is 0 Å². The van der Waals surface area contributed by atoms with Gasteiger partial charge in [-0.3, -0.25) is 4.79 Å². The van der Waals surface area contributed by atoms with Gasteiger partial charge in [0.15, 0.2) is 0 Å². The van der Waals surface area contributed by atoms with Crippen LogP contribution in [0.5, 0.6) is 0 Å². The fraction of sp³-hybridized carbons (Fsp3) is 0.857. The van der Waals surface area contributed by atoms with Crippen molar-refractivity contribution < 1.29 is 19.4 Å². The summed E-state index contributed by atoms with van der Waals surface area (Å²) in [5.41, 5.74) is -0.570. The monoisotopic (exact) mass is 284 g/mol. The van der Waals surface area contributed by atoms with Gasteiger partial charge in [0.1, 0.15) is 0 Å². The summed E-state index contributed by atoms with van der Waals surface area (Å²) in [7, 11) is 0. The van der Waals surface area contributed by atoms with Crippen LogP contribution in [0.2, 0.25) is 0 Å². The molecule has 2 N–H and O–H groups in total. The zero-order valence-electron chi connectivity index (χ0n) is 12.1. The predicted octanol–water partition coefficient (Wildman–Crippen LogP) is 1.59. The molecule has 0 aromatic heterocycles. The molecule has 0 radical (unpaired) electrons. The van der Waals surface area contributed by atoms with E-state index in [2.05, 4.69) is 5.32 Å². The number of nitrogens with one attached hydrogen (secondary N) is 1. The molecule has 2 amide bonds. The van der Waals surface area contributed by atoms with Gasteiger partial charge in [0.05, 0.1) is 31.2 Å². The molecule has 0 aromatic rings. The molecule has 1 aliphatic heterocycles. The summed E-state index contributed by atoms with van der Waals surface area (Å²) in [5.74, 6) is -0.845. The number of morpholine rings is 1. The van der Waals surface area contributed by atoms with E-state index in [0.29, 0.717) is 19.8 Å². The van der Waals surface area contributed by atoms with Crippen LogP contribution in [0.4, 0.5) is 4.79 Å². The van der Waals surface area contributed by atoms with Crippen LogP contribution in [-0.4, -0.2) is 53.3 Å². The summed E-state index contributed by atoms with van der Waals surface area (Å²) in [6.07, 6.45) is 4.59. The zero-order valence-corrected chi connectivity index (χ0v) is 12.1. The number of hydrogen-bond donors (Lipinski definition) is 2. The smallest absolute Gasteiger partial charge is 0.318 e. The summed E-state index contributed by atoms with van der Waals surface area (Å²) in [5, 5.41) is 12.1. The Hall–Kier alpha value is -1.30. The minimum Gasteiger partial charge on any atom is -0.481 e. The lowest BCUT2D eigenvalue weighted by atomic mass is 9.79. The van der Waals surface area contributed by atoms with E-state index < -0.39 is 11.5 Å². The maximum absolute atomic E-state index is 12.4. The Balaban J connectivity index is 2.02. The lowest BCUT2D eigenvalue weighted by molar-refractivity contribution is -0.139. The molecular weight excluding hydrogens is 260 g/mol. The Morgan fingerprint density at radius 1 is 1.35 bits per heavy atom. The number of carbonyl (C=O) groups is 2. The normalized spacial score (nSPS) is 26.1. The molecule has 1 unspecified atom stereocenters. The number of carbonyl (C=O) groups excluding carboxylic acids is 1. The van der Waals surface area contributed by atoms with Crippen LogP contribution < -0.4 is 5.32 Å². The van der Waals surface area contributed by atoms with Crippen LogP contribution in [0, 0.1) is 0 Å². The van der Waals surface area contributed by atoms with E-state index in [1.807, 2.05) is 6.92 Å². The molecule has 0 bridgehead atoms. The molecular formula is C14H24N2O4. The molecule has 6 heteroatoms. The molecule has 2 aliphatic rings. The second kappa shape index (κ2) is 6.43. The van der Waals surface area contributed by atoms with Gasteiger partial charge in [-0.2, -0.15) is 0 Å². The summed E-state index contributed by atoms with van der Waals surface area (Å²) in [4.78, 5) is 25.3. The topological polar surface area (TPSA) is 78.9 Å². The van der Waals surface area contributed by atoms with E-state index in [1.54, 1.807) is 4.90 Å². The third kappa shape index (κ3) is 3.62. The summed E-state index contributed by atoms with van der Waals surface area (Å²) in [6, 6.07) is -0.113. The van der Waals surface area contributed by atoms with Gasteiger partial charge in [0, 0.05) is 6.54 Å². The van der Waals surface area contributed by atoms with Gasteiger partial charge in [-0.25, -0.2) is 4.79 Å². The molecule has 0 spiro atoms. The first-order chi connectivity index (χ1) is 9.52. The van der Waals surface area contributed by atoms with Gasteiger partial charge < -0.3 is 20.1 Å². The van der Waals surface area contributed by atoms with Crippen molar-refractivity contribution in [3.8, 4) is 0 Å². The largest absolute Gasteiger partial charge is 0.481 e. The number of urea groups is 1. The highest BCUT2D eigenvalue weighted by molar-refractivity contribution is 5.77. The van der Waals surface area contributed by atoms with Crippen LogP contribution >= 0.6 is 0 Å². The van der Waals surface area contributed by atoms with E-state index in [4.69, 9.17) is 9.84 Å². The number of hydrogen-bond acceptors (Lipinski definition) is 3. The minimum absolute atomic E-state index is 0.0114. The van der Waals surface area contributed by atoms with Gasteiger partial charge >= 0.3 is 12.0 Å². The van der Waals surface area contributed by atoms with Crippen LogP contribution in [0.25, 0.3) is 0 Å². The number of aliphatic carboxylic acids is 1. The third-order valence-electron chi connectivity index (χ3n) is 4.30. The first kappa shape index (κ1) is 15.1. The summed E-state index contributed by atoms with van der Waals surface area (Å²) in [6.45, 7) is 3.60. The van der Waals surface area contributed by atoms with Crippen molar-refractivity contribution in [1.82, 2.24) is 10.2 Å². The van der Waals surface area contributed by atoms with E-state index in [9.17, 15) is 9.59 Å². The van der Waals surface area contributed by atoms with Crippen LogP contribution in [-0.2, 0) is 9.53 Å². The Morgan fingerprint density at radius 3 is 2.65 bits per heavy atom. The molecule has 1 saturated carbocycles. The molecule has 20 heavy (non-hydrogen) atoms. The number of amides is 2. The molecule has 2 rings (SSSR count). The maximum Gasteiger partial charge on any atom is 0.318 e. The van der Waals surface area contributed by atoms with Crippen molar-refractivity contribution in [2.45, 2.75) is 57.0 Å².